The third-order valence-corrected chi connectivity index (χ3v) is 3.66. The zero-order valence-corrected chi connectivity index (χ0v) is 8.89. The molecule has 1 aliphatic rings. The van der Waals surface area contributed by atoms with Gasteiger partial charge in [0.15, 0.2) is 0 Å². The highest BCUT2D eigenvalue weighted by atomic mass is 32.2. The summed E-state index contributed by atoms with van der Waals surface area (Å²) in [5, 5.41) is 0. The molecule has 0 bridgehead atoms. The summed E-state index contributed by atoms with van der Waals surface area (Å²) in [6.07, 6.45) is 4.27. The molecule has 0 spiro atoms. The Morgan fingerprint density at radius 2 is 1.77 bits per heavy atom. The van der Waals surface area contributed by atoms with Crippen LogP contribution in [0.15, 0.2) is 0 Å². The van der Waals surface area contributed by atoms with Crippen molar-refractivity contribution in [2.45, 2.75) is 0 Å². The van der Waals surface area contributed by atoms with Gasteiger partial charge in [-0.25, -0.2) is 0 Å². The predicted molar refractivity (Wildman–Crippen MR) is 46.5 cm³/mol. The summed E-state index contributed by atoms with van der Waals surface area (Å²) in [5.74, 6) is 0. The molecule has 0 unspecified atom stereocenters. The third kappa shape index (κ3) is 2.41. The molecule has 6 nitrogen and oxygen atoms in total. The SMILES string of the molecule is CS(=O)(=O)N1[C-]=[N+](S(C)(=O)=O)CC1. The fourth-order valence-corrected chi connectivity index (χ4v) is 2.26. The standard InChI is InChI=1S/C5H10N2O4S2/c1-12(8,9)6-3-4-7(5-6)13(2,10)11/h3-4H2,1-2H3. The van der Waals surface area contributed by atoms with E-state index in [1.165, 1.54) is 0 Å². The van der Waals surface area contributed by atoms with Crippen molar-refractivity contribution >= 4 is 26.4 Å². The number of hydrogen-bond acceptors (Lipinski definition) is 4. The molecule has 1 aliphatic heterocycles. The molecule has 1 heterocycles. The lowest BCUT2D eigenvalue weighted by atomic mass is 10.7. The van der Waals surface area contributed by atoms with Crippen molar-refractivity contribution in [2.24, 2.45) is 0 Å². The minimum Gasteiger partial charge on any atom is -0.327 e. The van der Waals surface area contributed by atoms with E-state index in [0.717, 1.165) is 20.8 Å². The molecule has 0 amide bonds. The molecular weight excluding hydrogens is 216 g/mol. The van der Waals surface area contributed by atoms with Crippen LogP contribution in [0.1, 0.15) is 0 Å². The highest BCUT2D eigenvalue weighted by Crippen LogP contribution is 2.02. The Balaban J connectivity index is 3.01. The van der Waals surface area contributed by atoms with Crippen molar-refractivity contribution in [3.63, 3.8) is 0 Å². The summed E-state index contributed by atoms with van der Waals surface area (Å²) >= 11 is 0. The zero-order chi connectivity index (χ0) is 10.3. The molecule has 0 aromatic rings. The molecule has 0 aliphatic carbocycles. The van der Waals surface area contributed by atoms with Crippen molar-refractivity contribution in [1.82, 2.24) is 4.31 Å². The average molecular weight is 226 g/mol. The van der Waals surface area contributed by atoms with Gasteiger partial charge in [-0.05, 0) is 0 Å². The summed E-state index contributed by atoms with van der Waals surface area (Å²) in [5.41, 5.74) is 0. The van der Waals surface area contributed by atoms with E-state index in [9.17, 15) is 16.8 Å². The van der Waals surface area contributed by atoms with Crippen LogP contribution in [0.25, 0.3) is 0 Å². The van der Waals surface area contributed by atoms with Crippen LogP contribution in [0.5, 0.6) is 0 Å². The Morgan fingerprint density at radius 3 is 2.00 bits per heavy atom. The van der Waals surface area contributed by atoms with Crippen LogP contribution in [0.2, 0.25) is 0 Å². The van der Waals surface area contributed by atoms with Crippen LogP contribution in [0.3, 0.4) is 0 Å². The largest absolute Gasteiger partial charge is 0.327 e. The molecular formula is C5H10N2O4S2. The second-order valence-electron chi connectivity index (χ2n) is 2.77. The molecule has 0 saturated heterocycles. The fourth-order valence-electron chi connectivity index (χ4n) is 0.886. The van der Waals surface area contributed by atoms with Gasteiger partial charge in [-0.1, -0.05) is 6.34 Å². The first-order chi connectivity index (χ1) is 5.71. The number of hydrogen-bond donors (Lipinski definition) is 0. The number of nitrogens with zero attached hydrogens (tertiary/aromatic N) is 2. The molecule has 13 heavy (non-hydrogen) atoms. The normalized spacial score (nSPS) is 18.9. The van der Waals surface area contributed by atoms with Gasteiger partial charge in [-0.15, -0.1) is 0 Å². The quantitative estimate of drug-likeness (QED) is 0.409. The summed E-state index contributed by atoms with van der Waals surface area (Å²) < 4.78 is 45.6. The first kappa shape index (κ1) is 10.5. The second-order valence-corrected chi connectivity index (χ2v) is 6.58. The minimum absolute atomic E-state index is 0.131. The van der Waals surface area contributed by atoms with Crippen LogP contribution < -0.4 is 0 Å². The van der Waals surface area contributed by atoms with Crippen molar-refractivity contribution in [3.8, 4) is 0 Å². The second kappa shape index (κ2) is 2.95. The lowest BCUT2D eigenvalue weighted by Crippen LogP contribution is -2.26. The van der Waals surface area contributed by atoms with Crippen molar-refractivity contribution in [1.29, 1.82) is 0 Å². The van der Waals surface area contributed by atoms with Gasteiger partial charge in [0, 0.05) is 0 Å². The van der Waals surface area contributed by atoms with Gasteiger partial charge in [0.2, 0.25) is 0 Å². The molecule has 0 atom stereocenters. The molecule has 76 valence electrons. The van der Waals surface area contributed by atoms with Crippen LogP contribution in [0.4, 0.5) is 0 Å². The van der Waals surface area contributed by atoms with E-state index < -0.39 is 20.0 Å². The van der Waals surface area contributed by atoms with Crippen molar-refractivity contribution in [2.75, 3.05) is 25.6 Å². The van der Waals surface area contributed by atoms with E-state index in [2.05, 4.69) is 6.34 Å². The smallest absolute Gasteiger partial charge is 0.267 e. The highest BCUT2D eigenvalue weighted by Gasteiger charge is 2.21. The van der Waals surface area contributed by atoms with Gasteiger partial charge in [0.05, 0.1) is 12.5 Å². The van der Waals surface area contributed by atoms with E-state index in [0.29, 0.717) is 0 Å². The van der Waals surface area contributed by atoms with Gasteiger partial charge < -0.3 is 8.29 Å². The van der Waals surface area contributed by atoms with Crippen LogP contribution in [0, 0.1) is 0 Å². The zero-order valence-electron chi connectivity index (χ0n) is 7.26. The summed E-state index contributed by atoms with van der Waals surface area (Å²) in [4.78, 5) is 0. The van der Waals surface area contributed by atoms with E-state index in [4.69, 9.17) is 0 Å². The maximum Gasteiger partial charge on any atom is 0.267 e. The molecule has 0 aromatic heterocycles. The molecule has 0 aromatic carbocycles. The minimum atomic E-state index is -3.38. The number of sulfonamides is 2. The Labute approximate surface area is 77.6 Å². The monoisotopic (exact) mass is 226 g/mol. The van der Waals surface area contributed by atoms with Gasteiger partial charge in [-0.3, -0.25) is 0 Å². The van der Waals surface area contributed by atoms with E-state index in [1.54, 1.807) is 0 Å². The first-order valence-electron chi connectivity index (χ1n) is 3.43. The molecule has 0 N–H and O–H groups in total. The molecule has 0 saturated carbocycles. The Morgan fingerprint density at radius 1 is 1.23 bits per heavy atom. The predicted octanol–water partition coefficient (Wildman–Crippen LogP) is -1.86. The maximum absolute atomic E-state index is 10.9. The summed E-state index contributed by atoms with van der Waals surface area (Å²) in [6.45, 7) is 0.262. The topological polar surface area (TPSA) is 74.5 Å². The molecule has 0 radical (unpaired) electrons. The van der Waals surface area contributed by atoms with Gasteiger partial charge in [0.25, 0.3) is 20.0 Å². The Bertz CT molecular complexity index is 433. The van der Waals surface area contributed by atoms with Gasteiger partial charge in [-0.2, -0.15) is 16.8 Å². The molecule has 1 rings (SSSR count). The maximum atomic E-state index is 10.9. The Kier molecular flexibility index (Phi) is 2.37. The highest BCUT2D eigenvalue weighted by molar-refractivity contribution is 7.89. The van der Waals surface area contributed by atoms with Crippen LogP contribution in [-0.2, 0) is 20.0 Å². The molecule has 0 fully saturated rings. The summed E-state index contributed by atoms with van der Waals surface area (Å²) in [7, 11) is -6.76. The van der Waals surface area contributed by atoms with Gasteiger partial charge >= 0.3 is 0 Å². The molecule has 8 heteroatoms. The summed E-state index contributed by atoms with van der Waals surface area (Å²) in [6, 6.07) is 0. The number of rotatable bonds is 2. The average Bonchev–Trinajstić information content (AvgIpc) is 2.28. The van der Waals surface area contributed by atoms with Gasteiger partial charge in [0.1, 0.15) is 13.1 Å². The van der Waals surface area contributed by atoms with Crippen LogP contribution in [-0.4, -0.2) is 57.1 Å². The van der Waals surface area contributed by atoms with Crippen molar-refractivity contribution in [3.05, 3.63) is 0 Å². The van der Waals surface area contributed by atoms with Crippen molar-refractivity contribution < 1.29 is 20.8 Å². The van der Waals surface area contributed by atoms with E-state index >= 15 is 0 Å². The fraction of sp³-hybridized carbons (Fsp3) is 0.800. The van der Waals surface area contributed by atoms with Crippen LogP contribution >= 0.6 is 0 Å². The Hall–Kier alpha value is -0.630. The third-order valence-electron chi connectivity index (χ3n) is 1.53. The first-order valence-corrected chi connectivity index (χ1v) is 7.12. The van der Waals surface area contributed by atoms with E-state index in [1.807, 2.05) is 0 Å². The lowest BCUT2D eigenvalue weighted by molar-refractivity contribution is -0.346. The lowest BCUT2D eigenvalue weighted by Gasteiger charge is -2.12. The van der Waals surface area contributed by atoms with E-state index in [-0.39, 0.29) is 13.1 Å².